The van der Waals surface area contributed by atoms with Crippen LogP contribution in [0.1, 0.15) is 34.6 Å². The standard InChI is InChI=1S/C18H18F2N2O4/c1-11(2)25-14-8-6-12(7-9-14)16(23)21-22-17(24)13-4-3-5-15(10-13)26-18(19)20/h3-11,18H,1-2H3,(H,21,23)(H,22,24). The summed E-state index contributed by atoms with van der Waals surface area (Å²) in [6.07, 6.45) is 0.0128. The van der Waals surface area contributed by atoms with E-state index in [2.05, 4.69) is 15.6 Å². The van der Waals surface area contributed by atoms with E-state index < -0.39 is 18.4 Å². The monoisotopic (exact) mass is 364 g/mol. The van der Waals surface area contributed by atoms with E-state index in [0.29, 0.717) is 11.3 Å². The van der Waals surface area contributed by atoms with Crippen LogP contribution >= 0.6 is 0 Å². The average Bonchev–Trinajstić information content (AvgIpc) is 2.59. The summed E-state index contributed by atoms with van der Waals surface area (Å²) in [5.41, 5.74) is 4.84. The van der Waals surface area contributed by atoms with Crippen LogP contribution in [-0.2, 0) is 0 Å². The molecule has 6 nitrogen and oxygen atoms in total. The van der Waals surface area contributed by atoms with Crippen molar-refractivity contribution in [1.29, 1.82) is 0 Å². The third kappa shape index (κ3) is 5.73. The third-order valence-corrected chi connectivity index (χ3v) is 3.10. The Morgan fingerprint density at radius 3 is 2.04 bits per heavy atom. The minimum Gasteiger partial charge on any atom is -0.491 e. The number of hydrogen-bond donors (Lipinski definition) is 2. The van der Waals surface area contributed by atoms with Crippen molar-refractivity contribution in [2.24, 2.45) is 0 Å². The zero-order valence-electron chi connectivity index (χ0n) is 14.2. The van der Waals surface area contributed by atoms with Crippen LogP contribution in [0.15, 0.2) is 48.5 Å². The summed E-state index contributed by atoms with van der Waals surface area (Å²) in [7, 11) is 0. The normalized spacial score (nSPS) is 10.5. The van der Waals surface area contributed by atoms with Crippen LogP contribution in [0.2, 0.25) is 0 Å². The molecule has 0 fully saturated rings. The van der Waals surface area contributed by atoms with Crippen LogP contribution in [0.4, 0.5) is 8.78 Å². The maximum atomic E-state index is 12.2. The number of ether oxygens (including phenoxy) is 2. The largest absolute Gasteiger partial charge is 0.491 e. The molecular weight excluding hydrogens is 346 g/mol. The summed E-state index contributed by atoms with van der Waals surface area (Å²) in [4.78, 5) is 24.0. The van der Waals surface area contributed by atoms with E-state index in [1.165, 1.54) is 18.2 Å². The van der Waals surface area contributed by atoms with E-state index in [4.69, 9.17) is 4.74 Å². The highest BCUT2D eigenvalue weighted by atomic mass is 19.3. The van der Waals surface area contributed by atoms with Gasteiger partial charge in [0.05, 0.1) is 6.10 Å². The first-order valence-corrected chi connectivity index (χ1v) is 7.77. The molecule has 2 amide bonds. The first kappa shape index (κ1) is 19.2. The minimum absolute atomic E-state index is 0.0128. The molecule has 2 N–H and O–H groups in total. The molecule has 0 bridgehead atoms. The van der Waals surface area contributed by atoms with Crippen molar-refractivity contribution in [2.75, 3.05) is 0 Å². The van der Waals surface area contributed by atoms with Crippen LogP contribution in [0.5, 0.6) is 11.5 Å². The molecule has 0 unspecified atom stereocenters. The summed E-state index contributed by atoms with van der Waals surface area (Å²) >= 11 is 0. The van der Waals surface area contributed by atoms with Crippen molar-refractivity contribution in [3.8, 4) is 11.5 Å². The number of carbonyl (C=O) groups excluding carboxylic acids is 2. The van der Waals surface area contributed by atoms with Gasteiger partial charge in [0.2, 0.25) is 0 Å². The topological polar surface area (TPSA) is 76.7 Å². The molecule has 2 aromatic carbocycles. The summed E-state index contributed by atoms with van der Waals surface area (Å²) in [6, 6.07) is 11.6. The average molecular weight is 364 g/mol. The van der Waals surface area contributed by atoms with Crippen molar-refractivity contribution in [3.05, 3.63) is 59.7 Å². The lowest BCUT2D eigenvalue weighted by Crippen LogP contribution is -2.41. The number of hydrogen-bond acceptors (Lipinski definition) is 4. The Hall–Kier alpha value is -3.16. The number of amides is 2. The molecule has 0 saturated carbocycles. The van der Waals surface area contributed by atoms with Crippen molar-refractivity contribution >= 4 is 11.8 Å². The van der Waals surface area contributed by atoms with Crippen LogP contribution in [-0.4, -0.2) is 24.5 Å². The second kappa shape index (κ2) is 8.80. The Balaban J connectivity index is 1.93. The predicted octanol–water partition coefficient (Wildman–Crippen LogP) is 3.15. The summed E-state index contributed by atoms with van der Waals surface area (Å²) < 4.78 is 34.1. The molecule has 0 aliphatic rings. The fraction of sp³-hybridized carbons (Fsp3) is 0.222. The SMILES string of the molecule is CC(C)Oc1ccc(C(=O)NNC(=O)c2cccc(OC(F)F)c2)cc1. The maximum Gasteiger partial charge on any atom is 0.387 e. The highest BCUT2D eigenvalue weighted by Crippen LogP contribution is 2.16. The minimum atomic E-state index is -2.99. The van der Waals surface area contributed by atoms with Gasteiger partial charge in [-0.15, -0.1) is 0 Å². The number of benzene rings is 2. The molecule has 0 atom stereocenters. The maximum absolute atomic E-state index is 12.2. The van der Waals surface area contributed by atoms with Gasteiger partial charge in [-0.2, -0.15) is 8.78 Å². The van der Waals surface area contributed by atoms with Gasteiger partial charge in [-0.1, -0.05) is 6.07 Å². The van der Waals surface area contributed by atoms with Crippen LogP contribution in [0.25, 0.3) is 0 Å². The molecule has 0 aromatic heterocycles. The molecule has 0 spiro atoms. The number of alkyl halides is 2. The van der Waals surface area contributed by atoms with Gasteiger partial charge < -0.3 is 9.47 Å². The quantitative estimate of drug-likeness (QED) is 0.772. The highest BCUT2D eigenvalue weighted by Gasteiger charge is 2.11. The third-order valence-electron chi connectivity index (χ3n) is 3.10. The molecule has 26 heavy (non-hydrogen) atoms. The smallest absolute Gasteiger partial charge is 0.387 e. The van der Waals surface area contributed by atoms with Crippen LogP contribution in [0, 0.1) is 0 Å². The van der Waals surface area contributed by atoms with Crippen molar-refractivity contribution in [2.45, 2.75) is 26.6 Å². The Kier molecular flexibility index (Phi) is 6.48. The van der Waals surface area contributed by atoms with Crippen molar-refractivity contribution in [1.82, 2.24) is 10.9 Å². The lowest BCUT2D eigenvalue weighted by Gasteiger charge is -2.11. The number of halogens is 2. The first-order valence-electron chi connectivity index (χ1n) is 7.77. The second-order valence-electron chi connectivity index (χ2n) is 5.51. The van der Waals surface area contributed by atoms with Gasteiger partial charge in [0.1, 0.15) is 11.5 Å². The lowest BCUT2D eigenvalue weighted by atomic mass is 10.2. The van der Waals surface area contributed by atoms with Gasteiger partial charge in [-0.05, 0) is 56.3 Å². The van der Waals surface area contributed by atoms with E-state index in [-0.39, 0.29) is 17.4 Å². The van der Waals surface area contributed by atoms with Crippen molar-refractivity contribution < 1.29 is 27.8 Å². The molecular formula is C18H18F2N2O4. The second-order valence-corrected chi connectivity index (χ2v) is 5.51. The van der Waals surface area contributed by atoms with Gasteiger partial charge in [-0.3, -0.25) is 20.4 Å². The van der Waals surface area contributed by atoms with E-state index in [0.717, 1.165) is 6.07 Å². The first-order chi connectivity index (χ1) is 12.3. The zero-order chi connectivity index (χ0) is 19.1. The van der Waals surface area contributed by atoms with Crippen LogP contribution in [0.3, 0.4) is 0 Å². The number of nitrogens with one attached hydrogen (secondary N) is 2. The van der Waals surface area contributed by atoms with Gasteiger partial charge in [0, 0.05) is 11.1 Å². The molecule has 0 radical (unpaired) electrons. The Labute approximate surface area is 149 Å². The summed E-state index contributed by atoms with van der Waals surface area (Å²) in [5, 5.41) is 0. The Bertz CT molecular complexity index is 764. The van der Waals surface area contributed by atoms with Gasteiger partial charge in [-0.25, -0.2) is 0 Å². The van der Waals surface area contributed by atoms with E-state index in [1.54, 1.807) is 24.3 Å². The highest BCUT2D eigenvalue weighted by molar-refractivity contribution is 5.99. The molecule has 8 heteroatoms. The fourth-order valence-corrected chi connectivity index (χ4v) is 2.03. The molecule has 0 aliphatic heterocycles. The van der Waals surface area contributed by atoms with Gasteiger partial charge in [0.15, 0.2) is 0 Å². The van der Waals surface area contributed by atoms with Gasteiger partial charge in [0.25, 0.3) is 11.8 Å². The molecule has 0 saturated heterocycles. The van der Waals surface area contributed by atoms with Crippen LogP contribution < -0.4 is 20.3 Å². The van der Waals surface area contributed by atoms with E-state index in [1.807, 2.05) is 13.8 Å². The predicted molar refractivity (Wildman–Crippen MR) is 90.2 cm³/mol. The lowest BCUT2D eigenvalue weighted by molar-refractivity contribution is -0.0498. The van der Waals surface area contributed by atoms with Gasteiger partial charge >= 0.3 is 6.61 Å². The molecule has 2 aromatic rings. The van der Waals surface area contributed by atoms with E-state index >= 15 is 0 Å². The van der Waals surface area contributed by atoms with E-state index in [9.17, 15) is 18.4 Å². The molecule has 0 heterocycles. The molecule has 2 rings (SSSR count). The fourth-order valence-electron chi connectivity index (χ4n) is 2.03. The molecule has 0 aliphatic carbocycles. The number of carbonyl (C=O) groups is 2. The summed E-state index contributed by atoms with van der Waals surface area (Å²) in [5.74, 6) is -0.733. The van der Waals surface area contributed by atoms with Crippen molar-refractivity contribution in [3.63, 3.8) is 0 Å². The Morgan fingerprint density at radius 2 is 1.46 bits per heavy atom. The number of hydrazine groups is 1. The zero-order valence-corrected chi connectivity index (χ0v) is 14.2. The molecule has 138 valence electrons. The Morgan fingerprint density at radius 1 is 0.846 bits per heavy atom. The number of rotatable bonds is 6. The summed E-state index contributed by atoms with van der Waals surface area (Å²) in [6.45, 7) is 0.783.